The third-order valence-electron chi connectivity index (χ3n) is 6.29. The summed E-state index contributed by atoms with van der Waals surface area (Å²) in [7, 11) is 1.69. The van der Waals surface area contributed by atoms with Gasteiger partial charge in [0.1, 0.15) is 5.75 Å². The van der Waals surface area contributed by atoms with Gasteiger partial charge >= 0.3 is 0 Å². The molecule has 1 aliphatic carbocycles. The van der Waals surface area contributed by atoms with Crippen molar-refractivity contribution < 1.29 is 14.3 Å². The summed E-state index contributed by atoms with van der Waals surface area (Å²) >= 11 is 0. The Hall–Kier alpha value is -2.24. The first-order valence-electron chi connectivity index (χ1n) is 10.1. The molecule has 0 spiro atoms. The fourth-order valence-corrected chi connectivity index (χ4v) is 4.78. The number of hydrogen-bond acceptors (Lipinski definition) is 4. The zero-order chi connectivity index (χ0) is 18.8. The number of nitrogens with zero attached hydrogens (tertiary/aromatic N) is 3. The molecule has 0 bridgehead atoms. The van der Waals surface area contributed by atoms with Crippen LogP contribution < -0.4 is 9.64 Å². The summed E-state index contributed by atoms with van der Waals surface area (Å²) in [6, 6.07) is 8.38. The average Bonchev–Trinajstić information content (AvgIpc) is 3.37. The summed E-state index contributed by atoms with van der Waals surface area (Å²) in [6.07, 6.45) is 5.01. The largest absolute Gasteiger partial charge is 0.495 e. The van der Waals surface area contributed by atoms with Crippen LogP contribution in [0.25, 0.3) is 0 Å². The van der Waals surface area contributed by atoms with Crippen LogP contribution in [0.3, 0.4) is 0 Å². The van der Waals surface area contributed by atoms with Gasteiger partial charge in [0.25, 0.3) is 0 Å². The number of piperazine rings is 1. The molecule has 3 aliphatic rings. The number of hydrogen-bond donors (Lipinski definition) is 0. The number of methoxy groups -OCH3 is 1. The smallest absolute Gasteiger partial charge is 0.228 e. The Labute approximate surface area is 161 Å². The maximum atomic E-state index is 13.0. The molecule has 6 nitrogen and oxygen atoms in total. The van der Waals surface area contributed by atoms with E-state index in [9.17, 15) is 9.59 Å². The van der Waals surface area contributed by atoms with E-state index in [0.29, 0.717) is 32.1 Å². The second-order valence-electron chi connectivity index (χ2n) is 7.87. The molecule has 0 radical (unpaired) electrons. The lowest BCUT2D eigenvalue weighted by molar-refractivity contribution is -0.136. The highest BCUT2D eigenvalue weighted by atomic mass is 16.5. The quantitative estimate of drug-likeness (QED) is 0.814. The van der Waals surface area contributed by atoms with Gasteiger partial charge in [-0.3, -0.25) is 9.59 Å². The van der Waals surface area contributed by atoms with Gasteiger partial charge < -0.3 is 19.4 Å². The van der Waals surface area contributed by atoms with Crippen LogP contribution in [-0.2, 0) is 9.59 Å². The standard InChI is InChI=1S/C21H29N3O3/c1-27-19-9-5-4-8-18(19)22-10-12-23(13-11-22)21(26)16-14-20(25)24(15-16)17-6-2-3-7-17/h4-5,8-9,16-17H,2-3,6-7,10-15H2,1H3. The van der Waals surface area contributed by atoms with Crippen molar-refractivity contribution in [3.05, 3.63) is 24.3 Å². The minimum atomic E-state index is -0.157. The van der Waals surface area contributed by atoms with Crippen molar-refractivity contribution in [2.24, 2.45) is 5.92 Å². The molecule has 2 aliphatic heterocycles. The number of likely N-dealkylation sites (tertiary alicyclic amines) is 1. The molecule has 2 amide bonds. The maximum absolute atomic E-state index is 13.0. The van der Waals surface area contributed by atoms with Crippen molar-refractivity contribution in [2.45, 2.75) is 38.1 Å². The first-order valence-corrected chi connectivity index (χ1v) is 10.1. The monoisotopic (exact) mass is 371 g/mol. The first kappa shape index (κ1) is 18.1. The van der Waals surface area contributed by atoms with Gasteiger partial charge in [0, 0.05) is 45.2 Å². The van der Waals surface area contributed by atoms with Crippen LogP contribution in [0, 0.1) is 5.92 Å². The van der Waals surface area contributed by atoms with Crippen molar-refractivity contribution in [1.29, 1.82) is 0 Å². The topological polar surface area (TPSA) is 53.1 Å². The Bertz CT molecular complexity index is 694. The average molecular weight is 371 g/mol. The number of carbonyl (C=O) groups is 2. The summed E-state index contributed by atoms with van der Waals surface area (Å²) in [5.74, 6) is 1.04. The van der Waals surface area contributed by atoms with E-state index < -0.39 is 0 Å². The summed E-state index contributed by atoms with van der Waals surface area (Å²) < 4.78 is 5.46. The van der Waals surface area contributed by atoms with Gasteiger partial charge in [0.2, 0.25) is 11.8 Å². The maximum Gasteiger partial charge on any atom is 0.228 e. The van der Waals surface area contributed by atoms with Crippen LogP contribution in [0.1, 0.15) is 32.1 Å². The van der Waals surface area contributed by atoms with Crippen molar-refractivity contribution >= 4 is 17.5 Å². The van der Waals surface area contributed by atoms with E-state index in [4.69, 9.17) is 4.74 Å². The van der Waals surface area contributed by atoms with Gasteiger partial charge in [0.15, 0.2) is 0 Å². The van der Waals surface area contributed by atoms with Gasteiger partial charge in [-0.2, -0.15) is 0 Å². The predicted molar refractivity (Wildman–Crippen MR) is 104 cm³/mol. The molecule has 2 saturated heterocycles. The minimum absolute atomic E-state index is 0.156. The molecule has 3 fully saturated rings. The van der Waals surface area contributed by atoms with Crippen LogP contribution in [0.15, 0.2) is 24.3 Å². The molecule has 1 aromatic rings. The predicted octanol–water partition coefficient (Wildman–Crippen LogP) is 2.13. The van der Waals surface area contributed by atoms with E-state index in [-0.39, 0.29) is 17.7 Å². The van der Waals surface area contributed by atoms with Gasteiger partial charge in [-0.25, -0.2) is 0 Å². The van der Waals surface area contributed by atoms with Gasteiger partial charge in [0.05, 0.1) is 18.7 Å². The molecule has 1 atom stereocenters. The van der Waals surface area contributed by atoms with Crippen molar-refractivity contribution in [3.8, 4) is 5.75 Å². The number of amides is 2. The SMILES string of the molecule is COc1ccccc1N1CCN(C(=O)C2CC(=O)N(C3CCCC3)C2)CC1. The molecule has 0 aromatic heterocycles. The van der Waals surface area contributed by atoms with Crippen LogP contribution in [0.2, 0.25) is 0 Å². The lowest BCUT2D eigenvalue weighted by Gasteiger charge is -2.37. The zero-order valence-corrected chi connectivity index (χ0v) is 16.1. The number of benzene rings is 1. The molecular formula is C21H29N3O3. The van der Waals surface area contributed by atoms with E-state index in [1.165, 1.54) is 12.8 Å². The Kier molecular flexibility index (Phi) is 5.23. The van der Waals surface area contributed by atoms with Crippen molar-refractivity contribution in [1.82, 2.24) is 9.80 Å². The molecule has 1 saturated carbocycles. The van der Waals surface area contributed by atoms with Crippen LogP contribution in [0.4, 0.5) is 5.69 Å². The van der Waals surface area contributed by atoms with E-state index in [1.807, 2.05) is 28.0 Å². The van der Waals surface area contributed by atoms with Crippen molar-refractivity contribution in [3.63, 3.8) is 0 Å². The van der Waals surface area contributed by atoms with Crippen LogP contribution in [0.5, 0.6) is 5.75 Å². The Balaban J connectivity index is 1.34. The summed E-state index contributed by atoms with van der Waals surface area (Å²) in [5, 5.41) is 0. The molecule has 1 aromatic carbocycles. The van der Waals surface area contributed by atoms with Gasteiger partial charge in [-0.05, 0) is 25.0 Å². The van der Waals surface area contributed by atoms with Crippen molar-refractivity contribution in [2.75, 3.05) is 44.7 Å². The molecule has 2 heterocycles. The van der Waals surface area contributed by atoms with E-state index in [2.05, 4.69) is 11.0 Å². The molecule has 27 heavy (non-hydrogen) atoms. The summed E-state index contributed by atoms with van der Waals surface area (Å²) in [4.78, 5) is 31.6. The highest BCUT2D eigenvalue weighted by molar-refractivity contribution is 5.89. The molecular weight excluding hydrogens is 342 g/mol. The highest BCUT2D eigenvalue weighted by Gasteiger charge is 2.40. The van der Waals surface area contributed by atoms with E-state index in [0.717, 1.165) is 37.4 Å². The van der Waals surface area contributed by atoms with Gasteiger partial charge in [-0.15, -0.1) is 0 Å². The van der Waals surface area contributed by atoms with Gasteiger partial charge in [-0.1, -0.05) is 25.0 Å². The fraction of sp³-hybridized carbons (Fsp3) is 0.619. The Morgan fingerprint density at radius 2 is 1.78 bits per heavy atom. The summed E-state index contributed by atoms with van der Waals surface area (Å²) in [5.41, 5.74) is 1.08. The third kappa shape index (κ3) is 3.62. The highest BCUT2D eigenvalue weighted by Crippen LogP contribution is 2.31. The lowest BCUT2D eigenvalue weighted by atomic mass is 10.1. The molecule has 0 N–H and O–H groups in total. The van der Waals surface area contributed by atoms with Crippen LogP contribution in [-0.4, -0.2) is 67.5 Å². The number of anilines is 1. The Morgan fingerprint density at radius 3 is 2.48 bits per heavy atom. The zero-order valence-electron chi connectivity index (χ0n) is 16.1. The normalized spacial score (nSPS) is 24.0. The number of para-hydroxylation sites is 2. The number of ether oxygens (including phenoxy) is 1. The third-order valence-corrected chi connectivity index (χ3v) is 6.29. The lowest BCUT2D eigenvalue weighted by Crippen LogP contribution is -2.50. The van der Waals surface area contributed by atoms with E-state index >= 15 is 0 Å². The second kappa shape index (κ2) is 7.79. The molecule has 1 unspecified atom stereocenters. The molecule has 4 rings (SSSR count). The number of carbonyl (C=O) groups excluding carboxylic acids is 2. The second-order valence-corrected chi connectivity index (χ2v) is 7.87. The molecule has 6 heteroatoms. The summed E-state index contributed by atoms with van der Waals surface area (Å²) in [6.45, 7) is 3.60. The van der Waals surface area contributed by atoms with Crippen LogP contribution >= 0.6 is 0 Å². The molecule has 146 valence electrons. The van der Waals surface area contributed by atoms with E-state index in [1.54, 1.807) is 7.11 Å². The number of rotatable bonds is 4. The Morgan fingerprint density at radius 1 is 1.07 bits per heavy atom. The fourth-order valence-electron chi connectivity index (χ4n) is 4.78. The first-order chi connectivity index (χ1) is 13.2. The minimum Gasteiger partial charge on any atom is -0.495 e.